The average Bonchev–Trinajstić information content (AvgIpc) is 3.19. The average molecular weight is 1110 g/mol. The van der Waals surface area contributed by atoms with Crippen LogP contribution in [0, 0.1) is 11.6 Å². The van der Waals surface area contributed by atoms with Crippen LogP contribution in [0.15, 0.2) is 115 Å². The highest BCUT2D eigenvalue weighted by Gasteiger charge is 2.27. The minimum atomic E-state index is -0.835. The molecule has 0 aliphatic heterocycles. The predicted octanol–water partition coefficient (Wildman–Crippen LogP) is 15.1. The lowest BCUT2D eigenvalue weighted by Crippen LogP contribution is -2.22. The number of pyridine rings is 2. The van der Waals surface area contributed by atoms with Gasteiger partial charge in [-0.05, 0) is 138 Å². The zero-order valence-electron chi connectivity index (χ0n) is 29.2. The lowest BCUT2D eigenvalue weighted by molar-refractivity contribution is 0.0643. The Labute approximate surface area is 381 Å². The van der Waals surface area contributed by atoms with Gasteiger partial charge in [-0.15, -0.1) is 0 Å². The van der Waals surface area contributed by atoms with Crippen LogP contribution in [-0.2, 0) is 9.68 Å². The summed E-state index contributed by atoms with van der Waals surface area (Å²) in [6, 6.07) is 22.5. The van der Waals surface area contributed by atoms with Crippen LogP contribution in [0.1, 0.15) is 37.2 Å². The zero-order chi connectivity index (χ0) is 41.0. The van der Waals surface area contributed by atoms with Gasteiger partial charge in [-0.2, -0.15) is 0 Å². The van der Waals surface area contributed by atoms with E-state index < -0.39 is 23.8 Å². The fourth-order valence-corrected chi connectivity index (χ4v) is 8.33. The van der Waals surface area contributed by atoms with Gasteiger partial charge in [0.05, 0.1) is 30.4 Å². The zero-order valence-corrected chi connectivity index (χ0v) is 38.5. The van der Waals surface area contributed by atoms with Crippen molar-refractivity contribution in [2.75, 3.05) is 10.1 Å². The number of hydrogen-bond donors (Lipinski definition) is 0. The standard InChI is InChI=1S/C38H24BBr4Cl4F2N4O4/c1-19(33-25(44)9-11-27(48)37(33)46)56-52(31-7-3-5-13-50-31)29-17-21(15-23(40)35(29)42)54-39-55-22-16-24(41)36(43)30(18-22)53(32-8-4-6-14-51-32)57-20(2)34-26(45)10-12-28(49)38(34)47/h3-20H,1-2H3. The van der Waals surface area contributed by atoms with Gasteiger partial charge in [0.15, 0.2) is 11.6 Å². The molecule has 0 fully saturated rings. The third kappa shape index (κ3) is 10.2. The van der Waals surface area contributed by atoms with Gasteiger partial charge in [0.25, 0.3) is 0 Å². The molecule has 0 aliphatic carbocycles. The second-order valence-electron chi connectivity index (χ2n) is 11.8. The van der Waals surface area contributed by atoms with E-state index in [4.69, 9.17) is 65.4 Å². The van der Waals surface area contributed by atoms with Crippen molar-refractivity contribution >= 4 is 141 Å². The number of halogens is 10. The molecule has 57 heavy (non-hydrogen) atoms. The van der Waals surface area contributed by atoms with E-state index in [-0.39, 0.29) is 31.2 Å². The van der Waals surface area contributed by atoms with E-state index >= 15 is 0 Å². The lowest BCUT2D eigenvalue weighted by atomic mass is 10.1. The van der Waals surface area contributed by atoms with E-state index in [1.54, 1.807) is 86.9 Å². The summed E-state index contributed by atoms with van der Waals surface area (Å²) in [6.07, 6.45) is 1.53. The Balaban J connectivity index is 1.27. The minimum absolute atomic E-state index is 0.160. The third-order valence-corrected chi connectivity index (χ3v) is 13.4. The molecule has 6 aromatic rings. The normalized spacial score (nSPS) is 12.2. The Kier molecular flexibility index (Phi) is 15.1. The molecule has 8 nitrogen and oxygen atoms in total. The summed E-state index contributed by atoms with van der Waals surface area (Å²) < 4.78 is 43.3. The van der Waals surface area contributed by atoms with Crippen molar-refractivity contribution in [1.29, 1.82) is 0 Å². The van der Waals surface area contributed by atoms with Gasteiger partial charge in [-0.25, -0.2) is 28.9 Å². The highest BCUT2D eigenvalue weighted by Crippen LogP contribution is 2.45. The second kappa shape index (κ2) is 19.6. The van der Waals surface area contributed by atoms with E-state index in [9.17, 15) is 8.78 Å². The van der Waals surface area contributed by atoms with Gasteiger partial charge in [0.2, 0.25) is 0 Å². The van der Waals surface area contributed by atoms with Gasteiger partial charge in [-0.1, -0.05) is 58.5 Å². The van der Waals surface area contributed by atoms with Gasteiger partial charge < -0.3 is 9.31 Å². The maximum atomic E-state index is 14.5. The second-order valence-corrected chi connectivity index (χ2v) is 16.6. The molecule has 293 valence electrons. The number of rotatable bonds is 14. The molecule has 2 unspecified atom stereocenters. The van der Waals surface area contributed by atoms with Gasteiger partial charge in [-0.3, -0.25) is 9.68 Å². The van der Waals surface area contributed by atoms with Crippen LogP contribution in [0.4, 0.5) is 31.8 Å². The van der Waals surface area contributed by atoms with E-state index in [0.29, 0.717) is 52.4 Å². The Hall–Kier alpha value is -2.70. The topological polar surface area (TPSA) is 69.2 Å². The first kappa shape index (κ1) is 43.9. The molecular weight excluding hydrogens is 1090 g/mol. The molecule has 0 N–H and O–H groups in total. The molecule has 0 aliphatic rings. The summed E-state index contributed by atoms with van der Waals surface area (Å²) in [5.74, 6) is 0.155. The van der Waals surface area contributed by atoms with Gasteiger partial charge in [0.1, 0.15) is 35.3 Å². The van der Waals surface area contributed by atoms with E-state index in [0.717, 1.165) is 7.69 Å². The number of hydrogen-bond acceptors (Lipinski definition) is 8. The monoisotopic (exact) mass is 1100 g/mol. The van der Waals surface area contributed by atoms with Gasteiger partial charge in [0, 0.05) is 54.6 Å². The highest BCUT2D eigenvalue weighted by atomic mass is 79.9. The van der Waals surface area contributed by atoms with Crippen LogP contribution >= 0.6 is 110 Å². The fourth-order valence-electron chi connectivity index (χ4n) is 5.34. The molecule has 0 saturated carbocycles. The van der Waals surface area contributed by atoms with Crippen molar-refractivity contribution in [2.24, 2.45) is 0 Å². The molecule has 2 heterocycles. The molecule has 0 bridgehead atoms. The van der Waals surface area contributed by atoms with Crippen molar-refractivity contribution in [2.45, 2.75) is 26.1 Å². The molecule has 0 spiro atoms. The molecule has 6 rings (SSSR count). The van der Waals surface area contributed by atoms with E-state index in [2.05, 4.69) is 73.7 Å². The van der Waals surface area contributed by atoms with Crippen LogP contribution in [-0.4, -0.2) is 17.7 Å². The molecule has 2 aromatic heterocycles. The van der Waals surface area contributed by atoms with Crippen molar-refractivity contribution < 1.29 is 27.8 Å². The maximum absolute atomic E-state index is 14.5. The SMILES string of the molecule is CC(ON(c1ccccn1)c1cc(O[B]Oc2cc(Br)c(Br)c(N(OC(C)c3c(Cl)ccc(F)c3Cl)c3ccccn3)c2)cc(Br)c1Br)c1c(Cl)ccc(F)c1Cl. The van der Waals surface area contributed by atoms with Gasteiger partial charge >= 0.3 is 7.69 Å². The van der Waals surface area contributed by atoms with Crippen LogP contribution in [0.5, 0.6) is 11.5 Å². The van der Waals surface area contributed by atoms with Crippen molar-refractivity contribution in [3.63, 3.8) is 0 Å². The smallest absolute Gasteiger partial charge is 0.526 e. The Morgan fingerprint density at radius 1 is 0.596 bits per heavy atom. The Morgan fingerprint density at radius 2 is 1.00 bits per heavy atom. The first-order valence-corrected chi connectivity index (χ1v) is 21.1. The van der Waals surface area contributed by atoms with Crippen LogP contribution < -0.4 is 19.4 Å². The third-order valence-electron chi connectivity index (χ3n) is 7.98. The summed E-state index contributed by atoms with van der Waals surface area (Å²) >= 11 is 40.0. The fraction of sp³-hybridized carbons (Fsp3) is 0.105. The lowest BCUT2D eigenvalue weighted by Gasteiger charge is -2.29. The molecule has 1 radical (unpaired) electrons. The van der Waals surface area contributed by atoms with E-state index in [1.165, 1.54) is 34.4 Å². The van der Waals surface area contributed by atoms with Crippen molar-refractivity contribution in [3.8, 4) is 11.5 Å². The largest absolute Gasteiger partial charge is 0.658 e. The van der Waals surface area contributed by atoms with Crippen molar-refractivity contribution in [1.82, 2.24) is 9.97 Å². The molecule has 19 heteroatoms. The Bertz CT molecular complexity index is 2240. The summed E-state index contributed by atoms with van der Waals surface area (Å²) in [5.41, 5.74) is 1.41. The van der Waals surface area contributed by atoms with Crippen LogP contribution in [0.2, 0.25) is 20.1 Å². The number of benzene rings is 4. The van der Waals surface area contributed by atoms with Crippen molar-refractivity contribution in [3.05, 3.63) is 158 Å². The van der Waals surface area contributed by atoms with Crippen LogP contribution in [0.25, 0.3) is 0 Å². The quantitative estimate of drug-likeness (QED) is 0.0607. The molecule has 4 aromatic carbocycles. The summed E-state index contributed by atoms with van der Waals surface area (Å²) in [5, 5.41) is 3.03. The summed E-state index contributed by atoms with van der Waals surface area (Å²) in [4.78, 5) is 21.7. The van der Waals surface area contributed by atoms with Crippen LogP contribution in [0.3, 0.4) is 0 Å². The first-order valence-electron chi connectivity index (χ1n) is 16.4. The highest BCUT2D eigenvalue weighted by molar-refractivity contribution is 9.13. The Morgan fingerprint density at radius 3 is 1.37 bits per heavy atom. The number of nitrogens with zero attached hydrogens (tertiary/aromatic N) is 4. The molecule has 2 atom stereocenters. The van der Waals surface area contributed by atoms with E-state index in [1.807, 2.05) is 0 Å². The maximum Gasteiger partial charge on any atom is 0.658 e. The molecule has 0 saturated heterocycles. The number of anilines is 4. The number of aromatic nitrogens is 2. The summed E-state index contributed by atoms with van der Waals surface area (Å²) in [7, 11) is 1.14. The first-order chi connectivity index (χ1) is 27.2. The predicted molar refractivity (Wildman–Crippen MR) is 235 cm³/mol. The molecular formula is C38H24BBr4Cl4F2N4O4. The molecule has 0 amide bonds. The summed E-state index contributed by atoms with van der Waals surface area (Å²) in [6.45, 7) is 3.37. The minimum Gasteiger partial charge on any atom is -0.526 e.